The van der Waals surface area contributed by atoms with Crippen LogP contribution in [0.2, 0.25) is 0 Å². The molecule has 1 aromatic rings. The van der Waals surface area contributed by atoms with Crippen LogP contribution >= 0.6 is 0 Å². The summed E-state index contributed by atoms with van der Waals surface area (Å²) in [4.78, 5) is 27.9. The number of nitrogens with zero attached hydrogens (tertiary/aromatic N) is 3. The summed E-state index contributed by atoms with van der Waals surface area (Å²) in [6.45, 7) is 3.71. The van der Waals surface area contributed by atoms with Crippen molar-refractivity contribution in [2.75, 3.05) is 45.1 Å². The van der Waals surface area contributed by atoms with Crippen molar-refractivity contribution in [3.63, 3.8) is 0 Å². The first kappa shape index (κ1) is 15.5. The summed E-state index contributed by atoms with van der Waals surface area (Å²) in [5.74, 6) is -0.0754. The van der Waals surface area contributed by atoms with E-state index in [0.717, 1.165) is 19.5 Å². The van der Waals surface area contributed by atoms with Gasteiger partial charge in [0.15, 0.2) is 0 Å². The lowest BCUT2D eigenvalue weighted by molar-refractivity contribution is -0.131. The molecule has 0 aromatic carbocycles. The fraction of sp³-hybridized carbons (Fsp3) is 0.571. The Morgan fingerprint density at radius 2 is 2.05 bits per heavy atom. The van der Waals surface area contributed by atoms with Crippen LogP contribution < -0.4 is 11.3 Å². The van der Waals surface area contributed by atoms with Gasteiger partial charge in [0.05, 0.1) is 6.61 Å². The van der Waals surface area contributed by atoms with Crippen molar-refractivity contribution in [1.82, 2.24) is 14.4 Å². The van der Waals surface area contributed by atoms with Crippen LogP contribution in [0.3, 0.4) is 0 Å². The van der Waals surface area contributed by atoms with Crippen LogP contribution in [0.1, 0.15) is 6.42 Å². The molecule has 0 spiro atoms. The average molecular weight is 294 g/mol. The number of pyridine rings is 1. The van der Waals surface area contributed by atoms with Gasteiger partial charge in [-0.3, -0.25) is 14.5 Å². The van der Waals surface area contributed by atoms with Gasteiger partial charge in [-0.1, -0.05) is 0 Å². The summed E-state index contributed by atoms with van der Waals surface area (Å²) in [7, 11) is 0. The average Bonchev–Trinajstić information content (AvgIpc) is 2.69. The highest BCUT2D eigenvalue weighted by atomic mass is 16.3. The Labute approximate surface area is 123 Å². The quantitative estimate of drug-likeness (QED) is 0.740. The highest BCUT2D eigenvalue weighted by Crippen LogP contribution is 2.04. The van der Waals surface area contributed by atoms with Crippen LogP contribution in [0.5, 0.6) is 0 Å². The van der Waals surface area contributed by atoms with E-state index in [4.69, 9.17) is 10.8 Å². The Hall–Kier alpha value is -1.86. The number of carbonyl (C=O) groups excluding carboxylic acids is 1. The number of anilines is 1. The van der Waals surface area contributed by atoms with E-state index < -0.39 is 0 Å². The van der Waals surface area contributed by atoms with Gasteiger partial charge < -0.3 is 20.3 Å². The molecular formula is C14H22N4O3. The second-order valence-electron chi connectivity index (χ2n) is 5.23. The predicted octanol–water partition coefficient (Wildman–Crippen LogP) is -1.04. The molecule has 21 heavy (non-hydrogen) atoms. The van der Waals surface area contributed by atoms with Crippen LogP contribution in [0.4, 0.5) is 5.69 Å². The Bertz CT molecular complexity index is 543. The topological polar surface area (TPSA) is 91.8 Å². The molecule has 2 rings (SSSR count). The molecule has 0 radical (unpaired) electrons. The summed E-state index contributed by atoms with van der Waals surface area (Å²) in [5.41, 5.74) is 5.88. The zero-order valence-electron chi connectivity index (χ0n) is 12.1. The normalized spacial score (nSPS) is 16.7. The number of carbonyl (C=O) groups is 1. The van der Waals surface area contributed by atoms with E-state index in [0.29, 0.717) is 25.3 Å². The van der Waals surface area contributed by atoms with Crippen molar-refractivity contribution >= 4 is 11.6 Å². The number of aliphatic hydroxyl groups is 1. The Morgan fingerprint density at radius 3 is 2.81 bits per heavy atom. The van der Waals surface area contributed by atoms with Crippen LogP contribution in [-0.4, -0.2) is 64.7 Å². The van der Waals surface area contributed by atoms with Gasteiger partial charge >= 0.3 is 0 Å². The van der Waals surface area contributed by atoms with Crippen LogP contribution in [0, 0.1) is 0 Å². The summed E-state index contributed by atoms with van der Waals surface area (Å²) in [6, 6.07) is 2.90. The third-order valence-corrected chi connectivity index (χ3v) is 3.67. The summed E-state index contributed by atoms with van der Waals surface area (Å²) < 4.78 is 1.34. The molecule has 2 heterocycles. The molecule has 7 heteroatoms. The second kappa shape index (κ2) is 7.24. The molecule has 0 saturated carbocycles. The molecule has 0 aliphatic carbocycles. The van der Waals surface area contributed by atoms with Crippen molar-refractivity contribution in [1.29, 1.82) is 0 Å². The summed E-state index contributed by atoms with van der Waals surface area (Å²) in [5, 5.41) is 8.96. The van der Waals surface area contributed by atoms with Gasteiger partial charge in [0.25, 0.3) is 5.56 Å². The predicted molar refractivity (Wildman–Crippen MR) is 79.8 cm³/mol. The van der Waals surface area contributed by atoms with E-state index >= 15 is 0 Å². The van der Waals surface area contributed by atoms with Crippen molar-refractivity contribution in [2.24, 2.45) is 0 Å². The lowest BCUT2D eigenvalue weighted by Gasteiger charge is -2.22. The van der Waals surface area contributed by atoms with Gasteiger partial charge in [-0.2, -0.15) is 0 Å². The summed E-state index contributed by atoms with van der Waals surface area (Å²) in [6.07, 6.45) is 2.37. The van der Waals surface area contributed by atoms with Gasteiger partial charge in [-0.05, 0) is 19.0 Å². The monoisotopic (exact) mass is 294 g/mol. The molecule has 116 valence electrons. The fourth-order valence-corrected chi connectivity index (χ4v) is 2.50. The van der Waals surface area contributed by atoms with E-state index in [2.05, 4.69) is 4.90 Å². The zero-order valence-corrected chi connectivity index (χ0v) is 12.1. The molecule has 0 bridgehead atoms. The first-order valence-corrected chi connectivity index (χ1v) is 7.17. The van der Waals surface area contributed by atoms with Gasteiger partial charge in [0.2, 0.25) is 5.91 Å². The maximum atomic E-state index is 12.3. The van der Waals surface area contributed by atoms with E-state index in [-0.39, 0.29) is 24.6 Å². The van der Waals surface area contributed by atoms with Crippen LogP contribution in [0.15, 0.2) is 23.1 Å². The number of aromatic nitrogens is 1. The Balaban J connectivity index is 1.97. The van der Waals surface area contributed by atoms with E-state index in [1.165, 1.54) is 22.9 Å². The highest BCUT2D eigenvalue weighted by Gasteiger charge is 2.19. The molecule has 1 aromatic heterocycles. The lowest BCUT2D eigenvalue weighted by Crippen LogP contribution is -2.39. The van der Waals surface area contributed by atoms with Crippen molar-refractivity contribution in [2.45, 2.75) is 13.0 Å². The standard InChI is InChI=1S/C14H22N4O3/c15-12-2-3-13(20)18(10-12)11-14(21)17-5-1-4-16(6-7-17)8-9-19/h2-3,10,19H,1,4-9,11,15H2. The SMILES string of the molecule is Nc1ccc(=O)n(CC(=O)N2CCCN(CCO)CC2)c1. The van der Waals surface area contributed by atoms with Crippen LogP contribution in [-0.2, 0) is 11.3 Å². The lowest BCUT2D eigenvalue weighted by atomic mass is 10.3. The maximum Gasteiger partial charge on any atom is 0.251 e. The van der Waals surface area contributed by atoms with E-state index in [1.807, 2.05) is 0 Å². The van der Waals surface area contributed by atoms with Crippen molar-refractivity contribution in [3.8, 4) is 0 Å². The third-order valence-electron chi connectivity index (χ3n) is 3.67. The number of hydrogen-bond donors (Lipinski definition) is 2. The largest absolute Gasteiger partial charge is 0.398 e. The Kier molecular flexibility index (Phi) is 5.35. The smallest absolute Gasteiger partial charge is 0.251 e. The maximum absolute atomic E-state index is 12.3. The second-order valence-corrected chi connectivity index (χ2v) is 5.23. The molecule has 1 amide bonds. The molecule has 1 aliphatic rings. The molecular weight excluding hydrogens is 272 g/mol. The van der Waals surface area contributed by atoms with Gasteiger partial charge in [0, 0.05) is 44.1 Å². The third kappa shape index (κ3) is 4.30. The number of hydrogen-bond acceptors (Lipinski definition) is 5. The van der Waals surface area contributed by atoms with E-state index in [1.54, 1.807) is 4.90 Å². The van der Waals surface area contributed by atoms with Gasteiger partial charge in [0.1, 0.15) is 6.54 Å². The number of nitrogen functional groups attached to an aromatic ring is 1. The molecule has 7 nitrogen and oxygen atoms in total. The fourth-order valence-electron chi connectivity index (χ4n) is 2.50. The molecule has 3 N–H and O–H groups in total. The first-order chi connectivity index (χ1) is 10.1. The highest BCUT2D eigenvalue weighted by molar-refractivity contribution is 5.76. The minimum absolute atomic E-state index is 0.0177. The molecule has 1 aliphatic heterocycles. The molecule has 0 atom stereocenters. The number of aliphatic hydroxyl groups excluding tert-OH is 1. The number of amides is 1. The minimum atomic E-state index is -0.228. The van der Waals surface area contributed by atoms with Crippen molar-refractivity contribution < 1.29 is 9.90 Å². The first-order valence-electron chi connectivity index (χ1n) is 7.17. The Morgan fingerprint density at radius 1 is 1.24 bits per heavy atom. The minimum Gasteiger partial charge on any atom is -0.398 e. The number of β-amino-alcohol motifs (C(OH)–C–C–N with tert-alkyl or cyclic N) is 1. The molecule has 0 unspecified atom stereocenters. The number of rotatable bonds is 4. The number of nitrogens with two attached hydrogens (primary N) is 1. The molecule has 1 saturated heterocycles. The van der Waals surface area contributed by atoms with Gasteiger partial charge in [-0.25, -0.2) is 0 Å². The zero-order chi connectivity index (χ0) is 15.2. The van der Waals surface area contributed by atoms with Gasteiger partial charge in [-0.15, -0.1) is 0 Å². The summed E-state index contributed by atoms with van der Waals surface area (Å²) >= 11 is 0. The molecule has 1 fully saturated rings. The van der Waals surface area contributed by atoms with Crippen LogP contribution in [0.25, 0.3) is 0 Å². The van der Waals surface area contributed by atoms with E-state index in [9.17, 15) is 9.59 Å². The van der Waals surface area contributed by atoms with Crippen molar-refractivity contribution in [3.05, 3.63) is 28.7 Å².